The first-order valence-corrected chi connectivity index (χ1v) is 8.19. The summed E-state index contributed by atoms with van der Waals surface area (Å²) in [5.74, 6) is -0.440. The molecule has 2 saturated heterocycles. The lowest BCUT2D eigenvalue weighted by atomic mass is 10.0. The summed E-state index contributed by atoms with van der Waals surface area (Å²) < 4.78 is 38.9. The van der Waals surface area contributed by atoms with Crippen molar-refractivity contribution in [2.24, 2.45) is 0 Å². The molecule has 0 radical (unpaired) electrons. The van der Waals surface area contributed by atoms with Gasteiger partial charge in [-0.15, -0.1) is 0 Å². The van der Waals surface area contributed by atoms with Crippen LogP contribution >= 0.6 is 11.8 Å². The van der Waals surface area contributed by atoms with Crippen LogP contribution in [0.2, 0.25) is 0 Å². The molecule has 1 atom stereocenters. The number of carbonyl (C=O) groups is 2. The minimum atomic E-state index is -4.43. The standard InChI is InChI=1S/C15H15F3N2O2S.H2/c16-15(17,18)10-3-4-11(20-5-1-2-6-20)9(7-10)8-12-13(21)19-14(22)23-12;/h3-4,7,12H,1-2,5-6,8H2,(H,19,21,22);1H. The maximum Gasteiger partial charge on any atom is 0.416 e. The average molecular weight is 346 g/mol. The van der Waals surface area contributed by atoms with E-state index in [-0.39, 0.29) is 7.85 Å². The Morgan fingerprint density at radius 3 is 2.52 bits per heavy atom. The van der Waals surface area contributed by atoms with Gasteiger partial charge in [-0.3, -0.25) is 14.9 Å². The Balaban J connectivity index is 0.00000208. The first-order chi connectivity index (χ1) is 10.8. The van der Waals surface area contributed by atoms with Crippen molar-refractivity contribution in [3.63, 3.8) is 0 Å². The summed E-state index contributed by atoms with van der Waals surface area (Å²) in [6.45, 7) is 1.59. The number of nitrogens with zero attached hydrogens (tertiary/aromatic N) is 1. The van der Waals surface area contributed by atoms with Crippen molar-refractivity contribution in [3.05, 3.63) is 29.3 Å². The molecule has 2 aliphatic rings. The number of anilines is 1. The zero-order valence-corrected chi connectivity index (χ0v) is 13.0. The molecule has 0 aromatic heterocycles. The number of carbonyl (C=O) groups excluding carboxylic acids is 2. The molecule has 0 spiro atoms. The smallest absolute Gasteiger partial charge is 0.371 e. The lowest BCUT2D eigenvalue weighted by Crippen LogP contribution is -2.27. The van der Waals surface area contributed by atoms with Crippen LogP contribution in [0, 0.1) is 0 Å². The van der Waals surface area contributed by atoms with Crippen molar-refractivity contribution in [3.8, 4) is 0 Å². The second kappa shape index (κ2) is 6.07. The van der Waals surface area contributed by atoms with Crippen LogP contribution in [0.1, 0.15) is 25.4 Å². The minimum Gasteiger partial charge on any atom is -0.371 e. The molecular formula is C15H17F3N2O2S. The van der Waals surface area contributed by atoms with Crippen molar-refractivity contribution in [2.45, 2.75) is 30.7 Å². The summed E-state index contributed by atoms with van der Waals surface area (Å²) in [6.07, 6.45) is -2.33. The van der Waals surface area contributed by atoms with Gasteiger partial charge in [0.2, 0.25) is 5.91 Å². The van der Waals surface area contributed by atoms with Crippen molar-refractivity contribution in [1.29, 1.82) is 0 Å². The SMILES string of the molecule is O=C1NC(=O)C(Cc2cc(C(F)(F)F)ccc2N2CCCC2)S1.[HH]. The first kappa shape index (κ1) is 16.2. The van der Waals surface area contributed by atoms with Gasteiger partial charge in [-0.1, -0.05) is 11.8 Å². The second-order valence-corrected chi connectivity index (χ2v) is 6.80. The molecule has 1 aromatic carbocycles. The molecule has 8 heteroatoms. The van der Waals surface area contributed by atoms with Crippen molar-refractivity contribution in [2.75, 3.05) is 18.0 Å². The Hall–Kier alpha value is -1.70. The number of benzene rings is 1. The van der Waals surface area contributed by atoms with Crippen LogP contribution in [0.25, 0.3) is 0 Å². The summed E-state index contributed by atoms with van der Waals surface area (Å²) in [7, 11) is 0. The van der Waals surface area contributed by atoms with Gasteiger partial charge >= 0.3 is 6.18 Å². The minimum absolute atomic E-state index is 0. The number of imide groups is 1. The van der Waals surface area contributed by atoms with E-state index in [2.05, 4.69) is 5.32 Å². The Labute approximate surface area is 136 Å². The highest BCUT2D eigenvalue weighted by Crippen LogP contribution is 2.36. The third-order valence-corrected chi connectivity index (χ3v) is 5.01. The molecular weight excluding hydrogens is 329 g/mol. The fourth-order valence-electron chi connectivity index (χ4n) is 2.92. The van der Waals surface area contributed by atoms with Gasteiger partial charge in [0.1, 0.15) is 0 Å². The lowest BCUT2D eigenvalue weighted by molar-refractivity contribution is -0.137. The number of nitrogens with one attached hydrogen (secondary N) is 1. The van der Waals surface area contributed by atoms with Gasteiger partial charge in [0.15, 0.2) is 0 Å². The third-order valence-electron chi connectivity index (χ3n) is 4.03. The Bertz CT molecular complexity index is 648. The van der Waals surface area contributed by atoms with Gasteiger partial charge in [-0.25, -0.2) is 0 Å². The van der Waals surface area contributed by atoms with Gasteiger partial charge < -0.3 is 4.90 Å². The summed E-state index contributed by atoms with van der Waals surface area (Å²) in [6, 6.07) is 3.65. The third kappa shape index (κ3) is 3.46. The zero-order chi connectivity index (χ0) is 16.6. The largest absolute Gasteiger partial charge is 0.416 e. The molecule has 2 amide bonds. The molecule has 2 heterocycles. The number of thioether (sulfide) groups is 1. The van der Waals surface area contributed by atoms with Gasteiger partial charge in [0, 0.05) is 20.2 Å². The number of hydrogen-bond donors (Lipinski definition) is 1. The Morgan fingerprint density at radius 1 is 1.26 bits per heavy atom. The Kier molecular flexibility index (Phi) is 4.27. The molecule has 0 bridgehead atoms. The van der Waals surface area contributed by atoms with Crippen LogP contribution in [-0.2, 0) is 17.4 Å². The second-order valence-electron chi connectivity index (χ2n) is 5.62. The highest BCUT2D eigenvalue weighted by Gasteiger charge is 2.35. The van der Waals surface area contributed by atoms with E-state index in [1.807, 2.05) is 4.90 Å². The topological polar surface area (TPSA) is 49.4 Å². The zero-order valence-electron chi connectivity index (χ0n) is 12.2. The van der Waals surface area contributed by atoms with E-state index in [1.165, 1.54) is 6.07 Å². The number of hydrogen-bond acceptors (Lipinski definition) is 4. The fraction of sp³-hybridized carbons (Fsp3) is 0.467. The van der Waals surface area contributed by atoms with E-state index in [9.17, 15) is 22.8 Å². The van der Waals surface area contributed by atoms with Crippen LogP contribution < -0.4 is 10.2 Å². The lowest BCUT2D eigenvalue weighted by Gasteiger charge is -2.23. The molecule has 1 aromatic rings. The van der Waals surface area contributed by atoms with Crippen LogP contribution in [0.5, 0.6) is 0 Å². The maximum absolute atomic E-state index is 13.0. The number of amides is 2. The first-order valence-electron chi connectivity index (χ1n) is 7.31. The van der Waals surface area contributed by atoms with Crippen molar-refractivity contribution < 1.29 is 24.2 Å². The molecule has 2 fully saturated rings. The normalized spacial score (nSPS) is 21.9. The molecule has 23 heavy (non-hydrogen) atoms. The number of alkyl halides is 3. The molecule has 126 valence electrons. The van der Waals surface area contributed by atoms with Crippen LogP contribution in [0.3, 0.4) is 0 Å². The highest BCUT2D eigenvalue weighted by molar-refractivity contribution is 8.15. The fourth-order valence-corrected chi connectivity index (χ4v) is 3.77. The van der Waals surface area contributed by atoms with Gasteiger partial charge in [-0.05, 0) is 43.0 Å². The summed E-state index contributed by atoms with van der Waals surface area (Å²) >= 11 is 0.834. The number of rotatable bonds is 3. The van der Waals surface area contributed by atoms with E-state index in [1.54, 1.807) is 0 Å². The molecule has 3 rings (SSSR count). The average Bonchev–Trinajstić information content (AvgIpc) is 3.08. The van der Waals surface area contributed by atoms with Gasteiger partial charge in [-0.2, -0.15) is 13.2 Å². The van der Waals surface area contributed by atoms with E-state index in [4.69, 9.17) is 0 Å². The molecule has 4 nitrogen and oxygen atoms in total. The highest BCUT2D eigenvalue weighted by atomic mass is 32.2. The monoisotopic (exact) mass is 346 g/mol. The number of halogens is 3. The van der Waals surface area contributed by atoms with E-state index in [0.29, 0.717) is 5.56 Å². The van der Waals surface area contributed by atoms with E-state index in [0.717, 1.165) is 55.5 Å². The van der Waals surface area contributed by atoms with E-state index < -0.39 is 28.1 Å². The Morgan fingerprint density at radius 2 is 1.96 bits per heavy atom. The van der Waals surface area contributed by atoms with Crippen LogP contribution in [0.15, 0.2) is 18.2 Å². The summed E-state index contributed by atoms with van der Waals surface area (Å²) in [5.41, 5.74) is 0.456. The van der Waals surface area contributed by atoms with Gasteiger partial charge in [0.25, 0.3) is 5.24 Å². The molecule has 0 aliphatic carbocycles. The molecule has 1 unspecified atom stereocenters. The molecule has 0 saturated carbocycles. The molecule has 1 N–H and O–H groups in total. The van der Waals surface area contributed by atoms with Crippen molar-refractivity contribution in [1.82, 2.24) is 5.32 Å². The predicted molar refractivity (Wildman–Crippen MR) is 83.6 cm³/mol. The van der Waals surface area contributed by atoms with Crippen LogP contribution in [0.4, 0.5) is 23.7 Å². The quantitative estimate of drug-likeness (QED) is 0.911. The van der Waals surface area contributed by atoms with Crippen LogP contribution in [-0.4, -0.2) is 29.5 Å². The van der Waals surface area contributed by atoms with E-state index >= 15 is 0 Å². The molecule has 2 aliphatic heterocycles. The summed E-state index contributed by atoms with van der Waals surface area (Å²) in [4.78, 5) is 25.0. The van der Waals surface area contributed by atoms with Gasteiger partial charge in [0.05, 0.1) is 10.8 Å². The predicted octanol–water partition coefficient (Wildman–Crippen LogP) is 3.45. The maximum atomic E-state index is 13.0. The van der Waals surface area contributed by atoms with Crippen molar-refractivity contribution >= 4 is 28.6 Å². The summed E-state index contributed by atoms with van der Waals surface area (Å²) in [5, 5.41) is 1.05.